The fraction of sp³-hybridized carbons (Fsp3) is 0.308. The summed E-state index contributed by atoms with van der Waals surface area (Å²) < 4.78 is 24.1. The molecule has 1 fully saturated rings. The second-order valence-electron chi connectivity index (χ2n) is 7.58. The minimum atomic E-state index is -1.08. The standard InChI is InChI=1S/C26H28O5/c27-26-25(30-18-22-14-8-3-9-15-22)24(29-17-21-12-6-2-7-13-21)23(19-31-26)28-16-20-10-4-1-5-11-20/h1-15,23-27H,16-19H2/t23-,24-,25+,26?/m1/s1. The van der Waals surface area contributed by atoms with Gasteiger partial charge in [-0.2, -0.15) is 0 Å². The van der Waals surface area contributed by atoms with E-state index < -0.39 is 18.5 Å². The Labute approximate surface area is 183 Å². The molecule has 0 aromatic heterocycles. The van der Waals surface area contributed by atoms with Crippen molar-refractivity contribution in [3.63, 3.8) is 0 Å². The summed E-state index contributed by atoms with van der Waals surface area (Å²) in [5.41, 5.74) is 3.13. The molecule has 4 rings (SSSR count). The van der Waals surface area contributed by atoms with Gasteiger partial charge in [0.1, 0.15) is 18.3 Å². The van der Waals surface area contributed by atoms with Crippen molar-refractivity contribution in [3.8, 4) is 0 Å². The van der Waals surface area contributed by atoms with Crippen molar-refractivity contribution in [2.75, 3.05) is 6.61 Å². The van der Waals surface area contributed by atoms with Crippen molar-refractivity contribution in [2.24, 2.45) is 0 Å². The lowest BCUT2D eigenvalue weighted by molar-refractivity contribution is -0.286. The van der Waals surface area contributed by atoms with Gasteiger partial charge >= 0.3 is 0 Å². The molecule has 0 saturated carbocycles. The molecule has 162 valence electrons. The molecular weight excluding hydrogens is 392 g/mol. The van der Waals surface area contributed by atoms with E-state index >= 15 is 0 Å². The Morgan fingerprint density at radius 1 is 0.613 bits per heavy atom. The molecule has 1 aliphatic rings. The Bertz CT molecular complexity index is 887. The first-order valence-corrected chi connectivity index (χ1v) is 10.6. The zero-order chi connectivity index (χ0) is 21.3. The van der Waals surface area contributed by atoms with Gasteiger partial charge in [-0.3, -0.25) is 0 Å². The molecule has 0 aliphatic carbocycles. The summed E-state index contributed by atoms with van der Waals surface area (Å²) in [7, 11) is 0. The first kappa shape index (κ1) is 21.7. The topological polar surface area (TPSA) is 57.2 Å². The van der Waals surface area contributed by atoms with Gasteiger partial charge in [0.25, 0.3) is 0 Å². The predicted molar refractivity (Wildman–Crippen MR) is 117 cm³/mol. The summed E-state index contributed by atoms with van der Waals surface area (Å²) >= 11 is 0. The number of aliphatic hydroxyl groups excluding tert-OH is 1. The maximum absolute atomic E-state index is 10.5. The van der Waals surface area contributed by atoms with Crippen LogP contribution in [0.5, 0.6) is 0 Å². The van der Waals surface area contributed by atoms with Gasteiger partial charge < -0.3 is 24.1 Å². The molecule has 3 aromatic rings. The molecule has 1 heterocycles. The van der Waals surface area contributed by atoms with E-state index in [4.69, 9.17) is 18.9 Å². The minimum absolute atomic E-state index is 0.235. The Kier molecular flexibility index (Phi) is 7.82. The van der Waals surface area contributed by atoms with Crippen LogP contribution >= 0.6 is 0 Å². The van der Waals surface area contributed by atoms with Crippen LogP contribution in [-0.2, 0) is 38.8 Å². The lowest BCUT2D eigenvalue weighted by Gasteiger charge is -2.40. The van der Waals surface area contributed by atoms with Gasteiger partial charge in [0, 0.05) is 0 Å². The number of ether oxygens (including phenoxy) is 4. The fourth-order valence-corrected chi connectivity index (χ4v) is 3.59. The fourth-order valence-electron chi connectivity index (χ4n) is 3.59. The van der Waals surface area contributed by atoms with Crippen LogP contribution in [0.15, 0.2) is 91.0 Å². The number of hydrogen-bond acceptors (Lipinski definition) is 5. The Balaban J connectivity index is 1.46. The third-order valence-corrected chi connectivity index (χ3v) is 5.28. The minimum Gasteiger partial charge on any atom is -0.368 e. The molecule has 0 radical (unpaired) electrons. The highest BCUT2D eigenvalue weighted by Gasteiger charge is 2.42. The maximum Gasteiger partial charge on any atom is 0.183 e. The smallest absolute Gasteiger partial charge is 0.183 e. The second kappa shape index (κ2) is 11.2. The van der Waals surface area contributed by atoms with Crippen LogP contribution in [-0.4, -0.2) is 36.3 Å². The maximum atomic E-state index is 10.5. The molecular formula is C26H28O5. The van der Waals surface area contributed by atoms with Crippen LogP contribution in [0.1, 0.15) is 16.7 Å². The van der Waals surface area contributed by atoms with E-state index in [0.717, 1.165) is 16.7 Å². The third kappa shape index (κ3) is 6.23. The van der Waals surface area contributed by atoms with E-state index in [1.54, 1.807) is 0 Å². The van der Waals surface area contributed by atoms with Gasteiger partial charge in [-0.15, -0.1) is 0 Å². The Morgan fingerprint density at radius 3 is 1.52 bits per heavy atom. The van der Waals surface area contributed by atoms with E-state index in [1.165, 1.54) is 0 Å². The van der Waals surface area contributed by atoms with Crippen molar-refractivity contribution < 1.29 is 24.1 Å². The van der Waals surface area contributed by atoms with Crippen LogP contribution < -0.4 is 0 Å². The van der Waals surface area contributed by atoms with E-state index in [1.807, 2.05) is 91.0 Å². The number of rotatable bonds is 9. The first-order chi connectivity index (χ1) is 15.3. The summed E-state index contributed by atoms with van der Waals surface area (Å²) in [6.07, 6.45) is -2.59. The highest BCUT2D eigenvalue weighted by molar-refractivity contribution is 5.15. The van der Waals surface area contributed by atoms with Crippen molar-refractivity contribution in [2.45, 2.75) is 44.4 Å². The molecule has 1 N–H and O–H groups in total. The van der Waals surface area contributed by atoms with Gasteiger partial charge in [-0.1, -0.05) is 91.0 Å². The monoisotopic (exact) mass is 420 g/mol. The molecule has 0 bridgehead atoms. The quantitative estimate of drug-likeness (QED) is 0.565. The highest BCUT2D eigenvalue weighted by Crippen LogP contribution is 2.25. The number of hydrogen-bond donors (Lipinski definition) is 1. The molecule has 0 amide bonds. The van der Waals surface area contributed by atoms with E-state index in [2.05, 4.69) is 0 Å². The molecule has 1 saturated heterocycles. The van der Waals surface area contributed by atoms with Crippen LogP contribution in [0.3, 0.4) is 0 Å². The lowest BCUT2D eigenvalue weighted by Crippen LogP contribution is -2.56. The van der Waals surface area contributed by atoms with Crippen molar-refractivity contribution in [3.05, 3.63) is 108 Å². The third-order valence-electron chi connectivity index (χ3n) is 5.28. The van der Waals surface area contributed by atoms with Gasteiger partial charge in [0.2, 0.25) is 0 Å². The summed E-state index contributed by atoms with van der Waals surface area (Å²) in [6, 6.07) is 29.8. The second-order valence-corrected chi connectivity index (χ2v) is 7.58. The lowest BCUT2D eigenvalue weighted by atomic mass is 10.0. The van der Waals surface area contributed by atoms with E-state index in [-0.39, 0.29) is 12.7 Å². The molecule has 5 nitrogen and oxygen atoms in total. The molecule has 5 heteroatoms. The molecule has 31 heavy (non-hydrogen) atoms. The summed E-state index contributed by atoms with van der Waals surface area (Å²) in [6.45, 7) is 1.41. The van der Waals surface area contributed by atoms with Crippen LogP contribution in [0.25, 0.3) is 0 Å². The number of benzene rings is 3. The normalized spacial score (nSPS) is 23.5. The van der Waals surface area contributed by atoms with Gasteiger partial charge in [0.15, 0.2) is 6.29 Å². The average molecular weight is 421 g/mol. The predicted octanol–water partition coefficient (Wildman–Crippen LogP) is 4.09. The van der Waals surface area contributed by atoms with Gasteiger partial charge in [-0.05, 0) is 16.7 Å². The molecule has 3 aromatic carbocycles. The van der Waals surface area contributed by atoms with Crippen LogP contribution in [0.2, 0.25) is 0 Å². The largest absolute Gasteiger partial charge is 0.368 e. The summed E-state index contributed by atoms with van der Waals surface area (Å²) in [5.74, 6) is 0. The average Bonchev–Trinajstić information content (AvgIpc) is 2.83. The summed E-state index contributed by atoms with van der Waals surface area (Å²) in [4.78, 5) is 0. The van der Waals surface area contributed by atoms with Crippen molar-refractivity contribution in [1.82, 2.24) is 0 Å². The zero-order valence-corrected chi connectivity index (χ0v) is 17.4. The van der Waals surface area contributed by atoms with E-state index in [0.29, 0.717) is 19.8 Å². The number of aliphatic hydroxyl groups is 1. The van der Waals surface area contributed by atoms with E-state index in [9.17, 15) is 5.11 Å². The van der Waals surface area contributed by atoms with Gasteiger partial charge in [0.05, 0.1) is 26.4 Å². The van der Waals surface area contributed by atoms with Gasteiger partial charge in [-0.25, -0.2) is 0 Å². The van der Waals surface area contributed by atoms with Crippen molar-refractivity contribution in [1.29, 1.82) is 0 Å². The van der Waals surface area contributed by atoms with Crippen LogP contribution in [0.4, 0.5) is 0 Å². The summed E-state index contributed by atoms with van der Waals surface area (Å²) in [5, 5.41) is 10.5. The zero-order valence-electron chi connectivity index (χ0n) is 17.4. The Morgan fingerprint density at radius 2 is 1.03 bits per heavy atom. The highest BCUT2D eigenvalue weighted by atomic mass is 16.7. The molecule has 4 atom stereocenters. The molecule has 0 spiro atoms. The molecule has 1 aliphatic heterocycles. The Hall–Kier alpha value is -2.54. The first-order valence-electron chi connectivity index (χ1n) is 10.6. The molecule has 1 unspecified atom stereocenters. The van der Waals surface area contributed by atoms with Crippen LogP contribution in [0, 0.1) is 0 Å². The van der Waals surface area contributed by atoms with Crippen molar-refractivity contribution >= 4 is 0 Å². The SMILES string of the molecule is OC1OC[C@@H](OCc2ccccc2)[C@@H](OCc2ccccc2)[C@@H]1OCc1ccccc1.